The zero-order valence-electron chi connectivity index (χ0n) is 10.7. The molecule has 0 aliphatic rings. The summed E-state index contributed by atoms with van der Waals surface area (Å²) in [5, 5.41) is 4.10. The highest BCUT2D eigenvalue weighted by atomic mass is 35.5. The second kappa shape index (κ2) is 6.06. The second-order valence-electron chi connectivity index (χ2n) is 4.45. The van der Waals surface area contributed by atoms with Crippen LogP contribution in [-0.2, 0) is 6.42 Å². The van der Waals surface area contributed by atoms with Gasteiger partial charge in [0, 0.05) is 12.0 Å². The van der Waals surface area contributed by atoms with Gasteiger partial charge in [0.25, 0.3) is 0 Å². The van der Waals surface area contributed by atoms with Gasteiger partial charge in [0.2, 0.25) is 0 Å². The number of nitrogens with zero attached hydrogens (tertiary/aromatic N) is 1. The third-order valence-electron chi connectivity index (χ3n) is 3.00. The van der Waals surface area contributed by atoms with Gasteiger partial charge < -0.3 is 10.3 Å². The molecule has 3 nitrogen and oxygen atoms in total. The summed E-state index contributed by atoms with van der Waals surface area (Å²) >= 11 is 6.06. The number of halogens is 2. The first-order chi connectivity index (χ1) is 9.13. The lowest BCUT2D eigenvalue weighted by atomic mass is 10.0. The molecule has 0 atom stereocenters. The minimum atomic E-state index is -0.378. The van der Waals surface area contributed by atoms with Crippen LogP contribution in [0.15, 0.2) is 22.7 Å². The molecule has 0 unspecified atom stereocenters. The van der Waals surface area contributed by atoms with E-state index in [2.05, 4.69) is 12.1 Å². The predicted octanol–water partition coefficient (Wildman–Crippen LogP) is 4.45. The number of rotatable bonds is 5. The van der Waals surface area contributed by atoms with Crippen LogP contribution in [0.3, 0.4) is 0 Å². The van der Waals surface area contributed by atoms with Crippen molar-refractivity contribution in [1.82, 2.24) is 5.16 Å². The Morgan fingerprint density at radius 2 is 2.16 bits per heavy atom. The second-order valence-corrected chi connectivity index (χ2v) is 4.85. The Morgan fingerprint density at radius 3 is 2.84 bits per heavy atom. The number of hydrogen-bond acceptors (Lipinski definition) is 3. The summed E-state index contributed by atoms with van der Waals surface area (Å²) in [5.74, 6) is 0.621. The number of anilines is 1. The van der Waals surface area contributed by atoms with Crippen molar-refractivity contribution in [1.29, 1.82) is 0 Å². The highest BCUT2D eigenvalue weighted by Gasteiger charge is 2.18. The lowest BCUT2D eigenvalue weighted by Crippen LogP contribution is -1.92. The Kier molecular flexibility index (Phi) is 4.43. The molecule has 1 heterocycles. The molecule has 0 radical (unpaired) electrons. The molecule has 2 rings (SSSR count). The standard InChI is InChI=1S/C14H16ClFN2O/c1-2-3-4-5-12-13(14(17)18-19-12)10-7-6-9(16)8-11(10)15/h6-8H,2-5H2,1H3,(H2,17,18). The molecule has 2 N–H and O–H groups in total. The molecule has 0 saturated heterocycles. The number of hydrogen-bond donors (Lipinski definition) is 1. The summed E-state index contributed by atoms with van der Waals surface area (Å²) in [6.45, 7) is 2.13. The fourth-order valence-corrected chi connectivity index (χ4v) is 2.29. The van der Waals surface area contributed by atoms with Gasteiger partial charge in [0.15, 0.2) is 5.82 Å². The van der Waals surface area contributed by atoms with Crippen LogP contribution in [0.25, 0.3) is 11.1 Å². The Hall–Kier alpha value is -1.55. The van der Waals surface area contributed by atoms with E-state index in [1.807, 2.05) is 0 Å². The molecule has 5 heteroatoms. The normalized spacial score (nSPS) is 10.9. The first-order valence-electron chi connectivity index (χ1n) is 6.33. The van der Waals surface area contributed by atoms with Crippen LogP contribution in [0.4, 0.5) is 10.2 Å². The summed E-state index contributed by atoms with van der Waals surface area (Å²) in [6.07, 6.45) is 3.98. The largest absolute Gasteiger partial charge is 0.380 e. The molecule has 102 valence electrons. The van der Waals surface area contributed by atoms with Gasteiger partial charge in [0.05, 0.1) is 10.6 Å². The van der Waals surface area contributed by atoms with Crippen LogP contribution in [-0.4, -0.2) is 5.16 Å². The van der Waals surface area contributed by atoms with Crippen LogP contribution >= 0.6 is 11.6 Å². The van der Waals surface area contributed by atoms with Crippen molar-refractivity contribution in [3.63, 3.8) is 0 Å². The quantitative estimate of drug-likeness (QED) is 0.824. The number of aromatic nitrogens is 1. The van der Waals surface area contributed by atoms with Crippen molar-refractivity contribution in [2.75, 3.05) is 5.73 Å². The summed E-state index contributed by atoms with van der Waals surface area (Å²) in [4.78, 5) is 0. The van der Waals surface area contributed by atoms with Crippen LogP contribution in [0.2, 0.25) is 5.02 Å². The van der Waals surface area contributed by atoms with Gasteiger partial charge in [-0.15, -0.1) is 0 Å². The van der Waals surface area contributed by atoms with E-state index < -0.39 is 0 Å². The van der Waals surface area contributed by atoms with Crippen LogP contribution in [0, 0.1) is 5.82 Å². The van der Waals surface area contributed by atoms with Crippen molar-refractivity contribution in [3.05, 3.63) is 34.8 Å². The van der Waals surface area contributed by atoms with Gasteiger partial charge in [-0.1, -0.05) is 36.5 Å². The van der Waals surface area contributed by atoms with Crippen molar-refractivity contribution >= 4 is 17.4 Å². The van der Waals surface area contributed by atoms with Crippen molar-refractivity contribution in [2.24, 2.45) is 0 Å². The molecule has 0 spiro atoms. The Bertz CT molecular complexity index is 569. The zero-order valence-corrected chi connectivity index (χ0v) is 11.5. The van der Waals surface area contributed by atoms with Crippen LogP contribution < -0.4 is 5.73 Å². The topological polar surface area (TPSA) is 52.0 Å². The molecule has 0 aliphatic carbocycles. The van der Waals surface area contributed by atoms with Gasteiger partial charge in [-0.3, -0.25) is 0 Å². The van der Waals surface area contributed by atoms with E-state index in [1.54, 1.807) is 6.07 Å². The van der Waals surface area contributed by atoms with Gasteiger partial charge in [0.1, 0.15) is 11.6 Å². The smallest absolute Gasteiger partial charge is 0.175 e. The highest BCUT2D eigenvalue weighted by Crippen LogP contribution is 2.35. The molecular formula is C14H16ClFN2O. The van der Waals surface area contributed by atoms with E-state index in [-0.39, 0.29) is 5.82 Å². The minimum absolute atomic E-state index is 0.292. The van der Waals surface area contributed by atoms with E-state index in [0.717, 1.165) is 25.7 Å². The average molecular weight is 283 g/mol. The summed E-state index contributed by atoms with van der Waals surface area (Å²) < 4.78 is 18.3. The van der Waals surface area contributed by atoms with Crippen molar-refractivity contribution in [2.45, 2.75) is 32.6 Å². The zero-order chi connectivity index (χ0) is 13.8. The molecule has 2 aromatic rings. The number of aryl methyl sites for hydroxylation is 1. The average Bonchev–Trinajstić information content (AvgIpc) is 2.72. The first-order valence-corrected chi connectivity index (χ1v) is 6.70. The van der Waals surface area contributed by atoms with Crippen LogP contribution in [0.5, 0.6) is 0 Å². The fraction of sp³-hybridized carbons (Fsp3) is 0.357. The number of unbranched alkanes of at least 4 members (excludes halogenated alkanes) is 2. The van der Waals surface area contributed by atoms with Gasteiger partial charge >= 0.3 is 0 Å². The summed E-state index contributed by atoms with van der Waals surface area (Å²) in [7, 11) is 0. The Labute approximate surface area is 116 Å². The van der Waals surface area contributed by atoms with Gasteiger partial charge in [-0.2, -0.15) is 0 Å². The highest BCUT2D eigenvalue weighted by molar-refractivity contribution is 6.33. The Balaban J connectivity index is 2.35. The third kappa shape index (κ3) is 3.07. The molecule has 0 aliphatic heterocycles. The molecule has 1 aromatic carbocycles. The van der Waals surface area contributed by atoms with Gasteiger partial charge in [-0.05, 0) is 24.6 Å². The monoisotopic (exact) mass is 282 g/mol. The minimum Gasteiger partial charge on any atom is -0.380 e. The summed E-state index contributed by atoms with van der Waals surface area (Å²) in [5.41, 5.74) is 7.17. The van der Waals surface area contributed by atoms with E-state index in [0.29, 0.717) is 27.7 Å². The third-order valence-corrected chi connectivity index (χ3v) is 3.31. The van der Waals surface area contributed by atoms with Crippen molar-refractivity contribution in [3.8, 4) is 11.1 Å². The molecule has 19 heavy (non-hydrogen) atoms. The van der Waals surface area contributed by atoms with Gasteiger partial charge in [-0.25, -0.2) is 4.39 Å². The maximum Gasteiger partial charge on any atom is 0.175 e. The molecule has 0 fully saturated rings. The molecule has 0 amide bonds. The first kappa shape index (κ1) is 13.9. The lowest BCUT2D eigenvalue weighted by molar-refractivity contribution is 0.382. The molecule has 1 aromatic heterocycles. The number of nitrogens with two attached hydrogens (primary N) is 1. The molecule has 0 bridgehead atoms. The molecular weight excluding hydrogens is 267 g/mol. The van der Waals surface area contributed by atoms with E-state index in [1.165, 1.54) is 12.1 Å². The predicted molar refractivity (Wildman–Crippen MR) is 74.5 cm³/mol. The number of nitrogen functional groups attached to an aromatic ring is 1. The van der Waals surface area contributed by atoms with E-state index in [4.69, 9.17) is 21.9 Å². The lowest BCUT2D eigenvalue weighted by Gasteiger charge is -2.05. The SMILES string of the molecule is CCCCCc1onc(N)c1-c1ccc(F)cc1Cl. The van der Waals surface area contributed by atoms with Crippen molar-refractivity contribution < 1.29 is 8.91 Å². The molecule has 0 saturated carbocycles. The fourth-order valence-electron chi connectivity index (χ4n) is 2.03. The maximum atomic E-state index is 13.1. The summed E-state index contributed by atoms with van der Waals surface area (Å²) in [6, 6.07) is 4.21. The maximum absolute atomic E-state index is 13.1. The van der Waals surface area contributed by atoms with Crippen LogP contribution in [0.1, 0.15) is 31.9 Å². The number of benzene rings is 1. The van der Waals surface area contributed by atoms with E-state index in [9.17, 15) is 4.39 Å². The van der Waals surface area contributed by atoms with E-state index >= 15 is 0 Å². The Morgan fingerprint density at radius 1 is 1.37 bits per heavy atom.